The van der Waals surface area contributed by atoms with Crippen LogP contribution in [-0.4, -0.2) is 74.8 Å². The molecule has 0 aliphatic heterocycles. The first-order valence-corrected chi connectivity index (χ1v) is 5.74. The summed E-state index contributed by atoms with van der Waals surface area (Å²) in [6.07, 6.45) is 0. The highest BCUT2D eigenvalue weighted by Crippen LogP contribution is 1.95. The molecule has 0 saturated carbocycles. The van der Waals surface area contributed by atoms with Crippen molar-refractivity contribution in [3.63, 3.8) is 0 Å². The van der Waals surface area contributed by atoms with Crippen LogP contribution in [0.2, 0.25) is 0 Å². The number of rotatable bonds is 7. The van der Waals surface area contributed by atoms with E-state index in [0.717, 1.165) is 0 Å². The molecule has 0 saturated heterocycles. The van der Waals surface area contributed by atoms with Crippen molar-refractivity contribution in [2.24, 2.45) is 0 Å². The number of nitrogens with zero attached hydrogens (tertiary/aromatic N) is 2. The van der Waals surface area contributed by atoms with Crippen LogP contribution in [0.1, 0.15) is 22.1 Å². The molecule has 0 unspecified atom stereocenters. The third kappa shape index (κ3) is 5.01. The Morgan fingerprint density at radius 3 is 1.56 bits per heavy atom. The van der Waals surface area contributed by atoms with Crippen molar-refractivity contribution in [3.05, 3.63) is 0 Å². The minimum absolute atomic E-state index is 0.415. The normalized spacial score (nSPS) is 20.2. The lowest BCUT2D eigenvalue weighted by Gasteiger charge is -2.26. The molecule has 0 rings (SSSR count). The molecule has 0 aliphatic rings. The molecule has 2 N–H and O–H groups in total. The molecule has 0 heterocycles. The molecule has 0 aromatic carbocycles. The van der Waals surface area contributed by atoms with E-state index in [-0.39, 0.29) is 0 Å². The van der Waals surface area contributed by atoms with Crippen molar-refractivity contribution < 1.29 is 17.8 Å². The zero-order valence-corrected chi connectivity index (χ0v) is 11.3. The van der Waals surface area contributed by atoms with Gasteiger partial charge in [0.15, 0.2) is 0 Å². The standard InChI is InChI=1S/C12H26N4O2/c1-9(13-3)11(17)15(5)7-8-16(6)12(18)10(2)14-4/h9-10,13-14H,7-8H2,1-6H3/t9-,10-/m0/s1/i5D3,6D3. The van der Waals surface area contributed by atoms with E-state index in [2.05, 4.69) is 10.6 Å². The number of amides is 2. The molecule has 0 bridgehead atoms. The second kappa shape index (κ2) is 8.05. The lowest BCUT2D eigenvalue weighted by Crippen LogP contribution is -2.47. The Labute approximate surface area is 118 Å². The quantitative estimate of drug-likeness (QED) is 0.627. The molecule has 106 valence electrons. The predicted octanol–water partition coefficient (Wildman–Crippen LogP) is -0.881. The predicted molar refractivity (Wildman–Crippen MR) is 72.3 cm³/mol. The van der Waals surface area contributed by atoms with Gasteiger partial charge in [-0.15, -0.1) is 0 Å². The van der Waals surface area contributed by atoms with Crippen molar-refractivity contribution in [3.8, 4) is 0 Å². The van der Waals surface area contributed by atoms with E-state index in [1.807, 2.05) is 0 Å². The maximum Gasteiger partial charge on any atom is 0.239 e. The van der Waals surface area contributed by atoms with Crippen molar-refractivity contribution >= 4 is 11.8 Å². The van der Waals surface area contributed by atoms with Gasteiger partial charge < -0.3 is 20.4 Å². The average Bonchev–Trinajstić information content (AvgIpc) is 2.46. The van der Waals surface area contributed by atoms with Crippen LogP contribution >= 0.6 is 0 Å². The van der Waals surface area contributed by atoms with E-state index in [9.17, 15) is 9.59 Å². The van der Waals surface area contributed by atoms with E-state index < -0.39 is 50.9 Å². The molecule has 6 nitrogen and oxygen atoms in total. The van der Waals surface area contributed by atoms with Crippen LogP contribution in [0.15, 0.2) is 0 Å². The molecular weight excluding hydrogens is 232 g/mol. The van der Waals surface area contributed by atoms with Gasteiger partial charge in [0, 0.05) is 35.3 Å². The van der Waals surface area contributed by atoms with Gasteiger partial charge in [-0.1, -0.05) is 0 Å². The topological polar surface area (TPSA) is 64.7 Å². The summed E-state index contributed by atoms with van der Waals surface area (Å²) in [5, 5.41) is 5.28. The second-order valence-electron chi connectivity index (χ2n) is 4.00. The first-order valence-electron chi connectivity index (χ1n) is 8.74. The number of hydrogen-bond acceptors (Lipinski definition) is 4. The zero-order valence-electron chi connectivity index (χ0n) is 17.3. The summed E-state index contributed by atoms with van der Waals surface area (Å²) in [5.74, 6) is -1.39. The third-order valence-corrected chi connectivity index (χ3v) is 2.69. The highest BCUT2D eigenvalue weighted by atomic mass is 16.2. The summed E-state index contributed by atoms with van der Waals surface area (Å²) in [6.45, 7) is -3.31. The van der Waals surface area contributed by atoms with Crippen LogP contribution in [0.25, 0.3) is 0 Å². The number of likely N-dealkylation sites (N-methyl/N-ethyl adjacent to an activating group) is 4. The van der Waals surface area contributed by atoms with Gasteiger partial charge in [0.1, 0.15) is 0 Å². The zero-order chi connectivity index (χ0) is 19.3. The van der Waals surface area contributed by atoms with E-state index in [0.29, 0.717) is 9.80 Å². The van der Waals surface area contributed by atoms with Crippen molar-refractivity contribution in [2.75, 3.05) is 41.1 Å². The fourth-order valence-electron chi connectivity index (χ4n) is 1.13. The number of nitrogens with one attached hydrogen (secondary N) is 2. The highest BCUT2D eigenvalue weighted by molar-refractivity contribution is 5.82. The van der Waals surface area contributed by atoms with E-state index >= 15 is 0 Å². The van der Waals surface area contributed by atoms with Gasteiger partial charge in [0.05, 0.1) is 12.1 Å². The molecule has 0 spiro atoms. The molecule has 2 atom stereocenters. The lowest BCUT2D eigenvalue weighted by atomic mass is 10.3. The first kappa shape index (κ1) is 8.87. The molecule has 0 aromatic heterocycles. The van der Waals surface area contributed by atoms with Gasteiger partial charge in [-0.25, -0.2) is 0 Å². The van der Waals surface area contributed by atoms with Crippen LogP contribution in [0, 0.1) is 0 Å². The Hall–Kier alpha value is -1.14. The lowest BCUT2D eigenvalue weighted by molar-refractivity contribution is -0.135. The fraction of sp³-hybridized carbons (Fsp3) is 0.833. The third-order valence-electron chi connectivity index (χ3n) is 2.69. The summed E-state index contributed by atoms with van der Waals surface area (Å²) in [6, 6.07) is -1.50. The summed E-state index contributed by atoms with van der Waals surface area (Å²) in [7, 11) is 3.01. The number of carbonyl (C=O) groups excluding carboxylic acids is 2. The maximum atomic E-state index is 12.2. The van der Waals surface area contributed by atoms with Gasteiger partial charge in [0.2, 0.25) is 11.8 Å². The second-order valence-corrected chi connectivity index (χ2v) is 4.00. The Balaban J connectivity index is 5.34. The highest BCUT2D eigenvalue weighted by Gasteiger charge is 2.18. The van der Waals surface area contributed by atoms with Crippen LogP contribution in [0.4, 0.5) is 0 Å². The van der Waals surface area contributed by atoms with Crippen LogP contribution < -0.4 is 10.6 Å². The summed E-state index contributed by atoms with van der Waals surface area (Å²) in [5.41, 5.74) is 0. The molecule has 0 radical (unpaired) electrons. The molecule has 0 aromatic rings. The van der Waals surface area contributed by atoms with Gasteiger partial charge in [0.25, 0.3) is 0 Å². The molecule has 0 aliphatic carbocycles. The van der Waals surface area contributed by atoms with Gasteiger partial charge in [-0.3, -0.25) is 9.59 Å². The first-order chi connectivity index (χ1) is 10.8. The largest absolute Gasteiger partial charge is 0.343 e. The van der Waals surface area contributed by atoms with Gasteiger partial charge >= 0.3 is 0 Å². The van der Waals surface area contributed by atoms with Crippen LogP contribution in [-0.2, 0) is 9.59 Å². The minimum atomic E-state index is -2.74. The summed E-state index contributed by atoms with van der Waals surface area (Å²) >= 11 is 0. The average molecular weight is 264 g/mol. The Morgan fingerprint density at radius 2 is 1.33 bits per heavy atom. The molecular formula is C12H26N4O2. The van der Waals surface area contributed by atoms with Crippen LogP contribution in [0.5, 0.6) is 0 Å². The van der Waals surface area contributed by atoms with Gasteiger partial charge in [-0.2, -0.15) is 0 Å². The van der Waals surface area contributed by atoms with Crippen molar-refractivity contribution in [1.82, 2.24) is 20.4 Å². The minimum Gasteiger partial charge on any atom is -0.343 e. The van der Waals surface area contributed by atoms with E-state index in [4.69, 9.17) is 8.22 Å². The van der Waals surface area contributed by atoms with E-state index in [1.54, 1.807) is 0 Å². The maximum absolute atomic E-state index is 12.2. The number of carbonyl (C=O) groups is 2. The summed E-state index contributed by atoms with van der Waals surface area (Å²) in [4.78, 5) is 25.6. The van der Waals surface area contributed by atoms with Crippen molar-refractivity contribution in [1.29, 1.82) is 0 Å². The molecule has 6 heteroatoms. The Bertz CT molecular complexity index is 400. The van der Waals surface area contributed by atoms with Crippen molar-refractivity contribution in [2.45, 2.75) is 25.9 Å². The number of hydrogen-bond donors (Lipinski definition) is 2. The van der Waals surface area contributed by atoms with E-state index in [1.165, 1.54) is 27.9 Å². The molecule has 18 heavy (non-hydrogen) atoms. The fourth-order valence-corrected chi connectivity index (χ4v) is 1.13. The summed E-state index contributed by atoms with van der Waals surface area (Å²) < 4.78 is 44.8. The molecule has 0 fully saturated rings. The smallest absolute Gasteiger partial charge is 0.239 e. The van der Waals surface area contributed by atoms with Gasteiger partial charge in [-0.05, 0) is 27.9 Å². The Kier molecular flexibility index (Phi) is 3.97. The monoisotopic (exact) mass is 264 g/mol. The van der Waals surface area contributed by atoms with Crippen LogP contribution in [0.3, 0.4) is 0 Å². The SMILES string of the molecule is [2H]C([2H])([2H])N(CCN(C(=O)[C@H](C)NC)C([2H])([2H])[2H])C(=O)[C@H](C)NC. The Morgan fingerprint density at radius 1 is 1.00 bits per heavy atom. The molecule has 2 amide bonds.